The summed E-state index contributed by atoms with van der Waals surface area (Å²) in [5.74, 6) is -1.46. The molecular weight excluding hydrogens is 591 g/mol. The Morgan fingerprint density at radius 1 is 0.643 bits per heavy atom. The molecule has 19 nitrogen and oxygen atoms in total. The van der Waals surface area contributed by atoms with Gasteiger partial charge in [-0.15, -0.1) is 0 Å². The molecule has 1 aliphatic rings. The van der Waals surface area contributed by atoms with E-state index in [-0.39, 0.29) is 52.9 Å². The first-order chi connectivity index (χ1) is 20.0. The Morgan fingerprint density at radius 3 is 1.31 bits per heavy atom. The zero-order valence-electron chi connectivity index (χ0n) is 22.0. The van der Waals surface area contributed by atoms with Crippen LogP contribution in [0.5, 0.6) is 11.5 Å². The molecule has 42 heavy (non-hydrogen) atoms. The monoisotopic (exact) mass is 616 g/mol. The molecule has 0 aliphatic carbocycles. The highest BCUT2D eigenvalue weighted by Crippen LogP contribution is 2.54. The second kappa shape index (κ2) is 14.6. The molecule has 0 fully saturated rings. The highest BCUT2D eigenvalue weighted by molar-refractivity contribution is 7.74. The maximum Gasteiger partial charge on any atom is 0.318 e. The predicted molar refractivity (Wildman–Crippen MR) is 141 cm³/mol. The lowest BCUT2D eigenvalue weighted by Crippen LogP contribution is -2.26. The van der Waals surface area contributed by atoms with Gasteiger partial charge in [0.15, 0.2) is 0 Å². The Labute approximate surface area is 236 Å². The maximum atomic E-state index is 14.8. The fraction of sp³-hybridized carbons (Fsp3) is 0.455. The molecule has 228 valence electrons. The quantitative estimate of drug-likeness (QED) is 0.257. The number of hydrogen-bond donors (Lipinski definition) is 0. The summed E-state index contributed by atoms with van der Waals surface area (Å²) in [6, 6.07) is 2.51. The summed E-state index contributed by atoms with van der Waals surface area (Å²) in [6.07, 6.45) is 0. The molecule has 1 aliphatic heterocycles. The van der Waals surface area contributed by atoms with Crippen molar-refractivity contribution in [1.82, 2.24) is 0 Å². The Kier molecular flexibility index (Phi) is 11.2. The van der Waals surface area contributed by atoms with Gasteiger partial charge in [-0.3, -0.25) is 45.0 Å². The van der Waals surface area contributed by atoms with Gasteiger partial charge in [0.2, 0.25) is 11.5 Å². The lowest BCUT2D eigenvalue weighted by Gasteiger charge is -2.23. The number of ether oxygens (including phenoxy) is 5. The summed E-state index contributed by atoms with van der Waals surface area (Å²) in [7, 11) is -4.94. The van der Waals surface area contributed by atoms with E-state index in [2.05, 4.69) is 0 Å². The smallest absolute Gasteiger partial charge is 0.318 e. The van der Waals surface area contributed by atoms with E-state index in [1.807, 2.05) is 0 Å². The SMILES string of the molecule is CCOP1(=O)c2cc([N+](=O)[O-])cc([N+](=O)[O-])c2OCCOCCOCCOCCOc2c([N+](=O)[O-])cc([N+](=O)[O-])cc21. The second-order valence-electron chi connectivity index (χ2n) is 8.16. The zero-order valence-corrected chi connectivity index (χ0v) is 22.9. The number of nitrogens with zero attached hydrogens (tertiary/aromatic N) is 4. The molecule has 0 radical (unpaired) electrons. The van der Waals surface area contributed by atoms with Gasteiger partial charge in [-0.2, -0.15) is 0 Å². The zero-order chi connectivity index (χ0) is 30.9. The van der Waals surface area contributed by atoms with Crippen molar-refractivity contribution in [3.8, 4) is 11.5 Å². The second-order valence-corrected chi connectivity index (χ2v) is 10.5. The first kappa shape index (κ1) is 32.2. The molecule has 0 spiro atoms. The van der Waals surface area contributed by atoms with Gasteiger partial charge in [0.05, 0.1) is 88.7 Å². The number of nitro benzene ring substituents is 4. The Balaban J connectivity index is 2.41. The minimum Gasteiger partial charge on any atom is -0.484 e. The number of fused-ring (bicyclic) bond motifs is 2. The van der Waals surface area contributed by atoms with E-state index in [4.69, 9.17) is 28.2 Å². The minimum absolute atomic E-state index is 0.111. The largest absolute Gasteiger partial charge is 0.484 e. The van der Waals surface area contributed by atoms with E-state index in [1.54, 1.807) is 0 Å². The van der Waals surface area contributed by atoms with Crippen LogP contribution in [0.15, 0.2) is 24.3 Å². The van der Waals surface area contributed by atoms with Crippen LogP contribution in [0.1, 0.15) is 6.92 Å². The molecule has 0 saturated carbocycles. The maximum absolute atomic E-state index is 14.8. The number of rotatable bonds is 6. The molecule has 0 N–H and O–H groups in total. The van der Waals surface area contributed by atoms with Crippen LogP contribution in [0.25, 0.3) is 0 Å². The van der Waals surface area contributed by atoms with Crippen molar-refractivity contribution >= 4 is 40.7 Å². The van der Waals surface area contributed by atoms with E-state index in [1.165, 1.54) is 6.92 Å². The minimum atomic E-state index is -4.94. The lowest BCUT2D eigenvalue weighted by atomic mass is 10.2. The van der Waals surface area contributed by atoms with Gasteiger partial charge in [0.1, 0.15) is 13.2 Å². The Bertz CT molecular complexity index is 1300. The Morgan fingerprint density at radius 2 is 1.00 bits per heavy atom. The van der Waals surface area contributed by atoms with Gasteiger partial charge in [-0.05, 0) is 6.92 Å². The first-order valence-electron chi connectivity index (χ1n) is 12.2. The summed E-state index contributed by atoms with van der Waals surface area (Å²) in [4.78, 5) is 43.4. The van der Waals surface area contributed by atoms with Crippen molar-refractivity contribution in [3.63, 3.8) is 0 Å². The van der Waals surface area contributed by atoms with Gasteiger partial charge in [0.25, 0.3) is 18.7 Å². The van der Waals surface area contributed by atoms with Crippen LogP contribution in [-0.4, -0.2) is 79.2 Å². The number of nitro groups is 4. The van der Waals surface area contributed by atoms with E-state index < -0.39 is 78.5 Å². The van der Waals surface area contributed by atoms with Crippen molar-refractivity contribution < 1.29 is 52.5 Å². The molecule has 0 unspecified atom stereocenters. The topological polar surface area (TPSA) is 245 Å². The summed E-state index contributed by atoms with van der Waals surface area (Å²) in [5, 5.41) is 45.9. The van der Waals surface area contributed by atoms with Crippen LogP contribution >= 0.6 is 7.37 Å². The molecule has 3 rings (SSSR count). The van der Waals surface area contributed by atoms with Crippen LogP contribution < -0.4 is 20.1 Å². The highest BCUT2D eigenvalue weighted by Gasteiger charge is 2.43. The van der Waals surface area contributed by atoms with Crippen LogP contribution in [0.3, 0.4) is 0 Å². The van der Waals surface area contributed by atoms with E-state index in [0.717, 1.165) is 0 Å². The molecule has 0 amide bonds. The molecule has 1 heterocycles. The third-order valence-electron chi connectivity index (χ3n) is 5.52. The van der Waals surface area contributed by atoms with Crippen molar-refractivity contribution in [2.45, 2.75) is 6.92 Å². The molecule has 20 heteroatoms. The van der Waals surface area contributed by atoms with Crippen molar-refractivity contribution in [2.75, 3.05) is 59.5 Å². The van der Waals surface area contributed by atoms with E-state index in [0.29, 0.717) is 24.3 Å². The van der Waals surface area contributed by atoms with Gasteiger partial charge >= 0.3 is 11.4 Å². The van der Waals surface area contributed by atoms with Crippen molar-refractivity contribution in [3.05, 3.63) is 64.7 Å². The summed E-state index contributed by atoms with van der Waals surface area (Å²) in [6.45, 7) is 0.453. The first-order valence-corrected chi connectivity index (χ1v) is 13.8. The molecule has 0 saturated heterocycles. The van der Waals surface area contributed by atoms with Gasteiger partial charge < -0.3 is 28.2 Å². The Hall–Kier alpha value is -4.29. The fourth-order valence-corrected chi connectivity index (χ4v) is 6.18. The van der Waals surface area contributed by atoms with Gasteiger partial charge in [0, 0.05) is 12.1 Å². The summed E-state index contributed by atoms with van der Waals surface area (Å²) >= 11 is 0. The summed E-state index contributed by atoms with van der Waals surface area (Å²) < 4.78 is 47.5. The van der Waals surface area contributed by atoms with E-state index in [9.17, 15) is 45.0 Å². The molecule has 0 aromatic heterocycles. The van der Waals surface area contributed by atoms with Crippen LogP contribution in [0.2, 0.25) is 0 Å². The van der Waals surface area contributed by atoms with Crippen molar-refractivity contribution in [1.29, 1.82) is 0 Å². The number of benzene rings is 2. The van der Waals surface area contributed by atoms with Gasteiger partial charge in [-0.25, -0.2) is 0 Å². The summed E-state index contributed by atoms with van der Waals surface area (Å²) in [5.41, 5.74) is -3.74. The highest BCUT2D eigenvalue weighted by atomic mass is 31.2. The predicted octanol–water partition coefficient (Wildman–Crippen LogP) is 2.41. The average molecular weight is 616 g/mol. The molecular formula is C22H25N4O15P. The molecule has 0 bridgehead atoms. The average Bonchev–Trinajstić information content (AvgIpc) is 2.94. The normalized spacial score (nSPS) is 16.3. The standard InChI is InChI=1S/C22H25N4O15P/c1-2-41-42(35)19-13-15(23(27)28)11-17(25(31)32)21(19)39-9-7-37-5-3-36-4-6-38-8-10-40-22-18(26(33)34)12-16(24(29)30)14-20(22)42/h11-14H,2-10H2,1H3. The molecule has 2 aromatic rings. The number of hydrogen-bond acceptors (Lipinski definition) is 15. The lowest BCUT2D eigenvalue weighted by molar-refractivity contribution is -0.394. The van der Waals surface area contributed by atoms with E-state index >= 15 is 0 Å². The van der Waals surface area contributed by atoms with Crippen LogP contribution in [0.4, 0.5) is 22.7 Å². The molecule has 2 aromatic carbocycles. The third-order valence-corrected chi connectivity index (χ3v) is 8.08. The van der Waals surface area contributed by atoms with Crippen molar-refractivity contribution in [2.24, 2.45) is 0 Å². The fourth-order valence-electron chi connectivity index (χ4n) is 3.78. The van der Waals surface area contributed by atoms with Crippen LogP contribution in [-0.2, 0) is 23.3 Å². The van der Waals surface area contributed by atoms with Gasteiger partial charge in [-0.1, -0.05) is 0 Å². The third kappa shape index (κ3) is 7.51. The number of non-ortho nitro benzene ring substituents is 2. The molecule has 0 atom stereocenters. The van der Waals surface area contributed by atoms with Crippen LogP contribution in [0, 0.1) is 40.5 Å².